The quantitative estimate of drug-likeness (QED) is 0.714. The van der Waals surface area contributed by atoms with Gasteiger partial charge in [0, 0.05) is 17.3 Å². The van der Waals surface area contributed by atoms with Gasteiger partial charge in [0.15, 0.2) is 0 Å². The molecule has 0 fully saturated rings. The van der Waals surface area contributed by atoms with Crippen molar-refractivity contribution in [2.75, 3.05) is 5.32 Å². The van der Waals surface area contributed by atoms with Gasteiger partial charge in [0.1, 0.15) is 17.3 Å². The number of nitrogens with one attached hydrogen (secondary N) is 1. The average molecular weight is 336 g/mol. The van der Waals surface area contributed by atoms with Gasteiger partial charge in [-0.3, -0.25) is 4.98 Å². The number of anilines is 2. The maximum atomic E-state index is 5.95. The number of benzene rings is 1. The Bertz CT molecular complexity index is 742. The van der Waals surface area contributed by atoms with E-state index in [1.807, 2.05) is 30.3 Å². The molecule has 0 saturated carbocycles. The molecule has 19 heavy (non-hydrogen) atoms. The van der Waals surface area contributed by atoms with Gasteiger partial charge in [-0.1, -0.05) is 17.7 Å². The molecule has 6 heteroatoms. The van der Waals surface area contributed by atoms with Crippen LogP contribution in [0.4, 0.5) is 11.5 Å². The molecule has 2 aromatic heterocycles. The molecule has 94 valence electrons. The number of fused-ring (bicyclic) bond motifs is 1. The monoisotopic (exact) mass is 334 g/mol. The maximum absolute atomic E-state index is 5.95. The fourth-order valence-electron chi connectivity index (χ4n) is 1.78. The first kappa shape index (κ1) is 12.3. The molecule has 0 unspecified atom stereocenters. The topological polar surface area (TPSA) is 50.7 Å². The highest BCUT2D eigenvalue weighted by molar-refractivity contribution is 9.10. The fourth-order valence-corrected chi connectivity index (χ4v) is 2.21. The lowest BCUT2D eigenvalue weighted by Gasteiger charge is -2.10. The summed E-state index contributed by atoms with van der Waals surface area (Å²) in [7, 11) is 0. The van der Waals surface area contributed by atoms with Crippen molar-refractivity contribution in [2.24, 2.45) is 0 Å². The second-order valence-corrected chi connectivity index (χ2v) is 4.98. The molecule has 0 atom stereocenters. The molecule has 3 aromatic rings. The number of hydrogen-bond acceptors (Lipinski definition) is 4. The van der Waals surface area contributed by atoms with Crippen molar-refractivity contribution in [1.29, 1.82) is 0 Å². The van der Waals surface area contributed by atoms with Crippen LogP contribution in [0, 0.1) is 0 Å². The van der Waals surface area contributed by atoms with E-state index in [4.69, 9.17) is 11.6 Å². The van der Waals surface area contributed by atoms with Crippen LogP contribution in [0.3, 0.4) is 0 Å². The van der Waals surface area contributed by atoms with Crippen molar-refractivity contribution in [1.82, 2.24) is 15.0 Å². The van der Waals surface area contributed by atoms with E-state index < -0.39 is 0 Å². The Hall–Kier alpha value is -1.72. The number of pyridine rings is 1. The summed E-state index contributed by atoms with van der Waals surface area (Å²) < 4.78 is 0.637. The second kappa shape index (κ2) is 5.11. The van der Waals surface area contributed by atoms with Gasteiger partial charge in [-0.05, 0) is 40.2 Å². The number of hydrogen-bond donors (Lipinski definition) is 1. The number of halogens is 2. The van der Waals surface area contributed by atoms with Crippen LogP contribution >= 0.6 is 27.5 Å². The smallest absolute Gasteiger partial charge is 0.149 e. The van der Waals surface area contributed by atoms with E-state index >= 15 is 0 Å². The van der Waals surface area contributed by atoms with Crippen LogP contribution in [0.5, 0.6) is 0 Å². The molecule has 0 saturated heterocycles. The van der Waals surface area contributed by atoms with Gasteiger partial charge in [0.25, 0.3) is 0 Å². The minimum Gasteiger partial charge on any atom is -0.339 e. The standard InChI is InChI=1S/C13H8BrClN4/c14-11-12(15)17-7-18-13(11)19-10-5-1-4-9-8(10)3-2-6-16-9/h1-7H,(H,17,18,19). The zero-order chi connectivity index (χ0) is 13.2. The molecule has 0 amide bonds. The van der Waals surface area contributed by atoms with Crippen LogP contribution < -0.4 is 5.32 Å². The highest BCUT2D eigenvalue weighted by atomic mass is 79.9. The molecule has 4 nitrogen and oxygen atoms in total. The molecule has 3 rings (SSSR count). The van der Waals surface area contributed by atoms with Crippen LogP contribution in [-0.4, -0.2) is 15.0 Å². The first-order chi connectivity index (χ1) is 9.25. The van der Waals surface area contributed by atoms with E-state index in [1.165, 1.54) is 6.33 Å². The van der Waals surface area contributed by atoms with E-state index in [0.29, 0.717) is 15.4 Å². The number of aromatic nitrogens is 3. The van der Waals surface area contributed by atoms with Crippen LogP contribution in [0.15, 0.2) is 47.3 Å². The SMILES string of the molecule is Clc1ncnc(Nc2cccc3ncccc23)c1Br. The summed E-state index contributed by atoms with van der Waals surface area (Å²) in [4.78, 5) is 12.4. The van der Waals surface area contributed by atoms with E-state index in [1.54, 1.807) is 6.20 Å². The molecule has 0 bridgehead atoms. The Morgan fingerprint density at radius 3 is 2.84 bits per heavy atom. The van der Waals surface area contributed by atoms with Crippen LogP contribution in [0.2, 0.25) is 5.15 Å². The summed E-state index contributed by atoms with van der Waals surface area (Å²) >= 11 is 9.31. The first-order valence-electron chi connectivity index (χ1n) is 5.52. The van der Waals surface area contributed by atoms with Gasteiger partial charge in [-0.15, -0.1) is 0 Å². The summed E-state index contributed by atoms with van der Waals surface area (Å²) in [5.41, 5.74) is 1.84. The summed E-state index contributed by atoms with van der Waals surface area (Å²) in [6.45, 7) is 0. The maximum Gasteiger partial charge on any atom is 0.149 e. The molecule has 0 aliphatic carbocycles. The molecule has 0 aliphatic rings. The average Bonchev–Trinajstić information content (AvgIpc) is 2.44. The minimum absolute atomic E-state index is 0.371. The molecule has 2 heterocycles. The summed E-state index contributed by atoms with van der Waals surface area (Å²) in [5.74, 6) is 0.622. The molecule has 1 aromatic carbocycles. The van der Waals surface area contributed by atoms with Gasteiger partial charge in [0.2, 0.25) is 0 Å². The Balaban J connectivity index is 2.09. The zero-order valence-electron chi connectivity index (χ0n) is 9.64. The molecule has 1 N–H and O–H groups in total. The van der Waals surface area contributed by atoms with E-state index in [0.717, 1.165) is 16.6 Å². The Morgan fingerprint density at radius 2 is 1.95 bits per heavy atom. The van der Waals surface area contributed by atoms with Crippen LogP contribution in [0.25, 0.3) is 10.9 Å². The van der Waals surface area contributed by atoms with Crippen LogP contribution in [0.1, 0.15) is 0 Å². The second-order valence-electron chi connectivity index (χ2n) is 3.83. The van der Waals surface area contributed by atoms with Crippen molar-refractivity contribution in [2.45, 2.75) is 0 Å². The van der Waals surface area contributed by atoms with Gasteiger partial charge in [0.05, 0.1) is 9.99 Å². The molecular weight excluding hydrogens is 328 g/mol. The Labute approximate surface area is 123 Å². The van der Waals surface area contributed by atoms with Crippen molar-refractivity contribution in [3.63, 3.8) is 0 Å². The third kappa shape index (κ3) is 2.39. The van der Waals surface area contributed by atoms with Gasteiger partial charge >= 0.3 is 0 Å². The molecule has 0 spiro atoms. The van der Waals surface area contributed by atoms with E-state index in [-0.39, 0.29) is 0 Å². The van der Waals surface area contributed by atoms with Crippen molar-refractivity contribution >= 4 is 49.9 Å². The summed E-state index contributed by atoms with van der Waals surface area (Å²) in [6.07, 6.45) is 3.18. The Morgan fingerprint density at radius 1 is 1.05 bits per heavy atom. The van der Waals surface area contributed by atoms with Crippen molar-refractivity contribution in [3.05, 3.63) is 52.5 Å². The summed E-state index contributed by atoms with van der Waals surface area (Å²) in [5, 5.41) is 4.62. The normalized spacial score (nSPS) is 10.6. The van der Waals surface area contributed by atoms with Gasteiger partial charge < -0.3 is 5.32 Å². The zero-order valence-corrected chi connectivity index (χ0v) is 12.0. The lowest BCUT2D eigenvalue weighted by molar-refractivity contribution is 1.15. The number of nitrogens with zero attached hydrogens (tertiary/aromatic N) is 3. The Kier molecular flexibility index (Phi) is 3.31. The van der Waals surface area contributed by atoms with Crippen LogP contribution in [-0.2, 0) is 0 Å². The van der Waals surface area contributed by atoms with Crippen molar-refractivity contribution < 1.29 is 0 Å². The van der Waals surface area contributed by atoms with Gasteiger partial charge in [-0.2, -0.15) is 0 Å². The minimum atomic E-state index is 0.371. The van der Waals surface area contributed by atoms with E-state index in [9.17, 15) is 0 Å². The largest absolute Gasteiger partial charge is 0.339 e. The first-order valence-corrected chi connectivity index (χ1v) is 6.69. The molecule has 0 aliphatic heterocycles. The third-order valence-electron chi connectivity index (χ3n) is 2.65. The third-order valence-corrected chi connectivity index (χ3v) is 3.91. The predicted octanol–water partition coefficient (Wildman–Crippen LogP) is 4.18. The number of rotatable bonds is 2. The highest BCUT2D eigenvalue weighted by Crippen LogP contribution is 2.30. The molecular formula is C13H8BrClN4. The fraction of sp³-hybridized carbons (Fsp3) is 0. The predicted molar refractivity (Wildman–Crippen MR) is 79.8 cm³/mol. The lowest BCUT2D eigenvalue weighted by Crippen LogP contribution is -1.97. The summed E-state index contributed by atoms with van der Waals surface area (Å²) in [6, 6.07) is 9.76. The lowest BCUT2D eigenvalue weighted by atomic mass is 10.2. The van der Waals surface area contributed by atoms with E-state index in [2.05, 4.69) is 36.2 Å². The van der Waals surface area contributed by atoms with Crippen molar-refractivity contribution in [3.8, 4) is 0 Å². The highest BCUT2D eigenvalue weighted by Gasteiger charge is 2.08. The molecule has 0 radical (unpaired) electrons. The van der Waals surface area contributed by atoms with Gasteiger partial charge in [-0.25, -0.2) is 9.97 Å².